The van der Waals surface area contributed by atoms with Crippen molar-refractivity contribution in [2.24, 2.45) is 0 Å². The predicted molar refractivity (Wildman–Crippen MR) is 97.2 cm³/mol. The molecule has 1 aliphatic heterocycles. The number of thiazole rings is 1. The number of carbonyl (C=O) groups is 1. The third-order valence-electron chi connectivity index (χ3n) is 4.56. The molecule has 1 unspecified atom stereocenters. The molecule has 26 heavy (non-hydrogen) atoms. The van der Waals surface area contributed by atoms with Crippen molar-refractivity contribution in [1.29, 1.82) is 0 Å². The molecule has 1 atom stereocenters. The monoisotopic (exact) mass is 370 g/mol. The number of nitrogens with zero attached hydrogens (tertiary/aromatic N) is 4. The summed E-state index contributed by atoms with van der Waals surface area (Å²) in [5.74, 6) is -0.931. The molecule has 4 heterocycles. The summed E-state index contributed by atoms with van der Waals surface area (Å²) in [6.45, 7) is 3.23. The molecular formula is C18H18N4O3S. The van der Waals surface area contributed by atoms with E-state index >= 15 is 0 Å². The van der Waals surface area contributed by atoms with Crippen LogP contribution in [-0.2, 0) is 11.3 Å². The summed E-state index contributed by atoms with van der Waals surface area (Å²) in [5, 5.41) is 12.2. The van der Waals surface area contributed by atoms with Gasteiger partial charge in [-0.2, -0.15) is 0 Å². The van der Waals surface area contributed by atoms with Crippen LogP contribution < -0.4 is 0 Å². The lowest BCUT2D eigenvalue weighted by Gasteiger charge is -2.15. The molecule has 8 heteroatoms. The third-order valence-corrected chi connectivity index (χ3v) is 5.42. The van der Waals surface area contributed by atoms with Crippen molar-refractivity contribution in [3.8, 4) is 22.1 Å². The molecule has 1 saturated heterocycles. The highest BCUT2D eigenvalue weighted by Crippen LogP contribution is 2.31. The Morgan fingerprint density at radius 3 is 3.00 bits per heavy atom. The smallest absolute Gasteiger partial charge is 0.337 e. The standard InChI is InChI=1S/C18H18N4O3S/c1-11-13(18(23)24)7-16(22(11)9-12-3-2-6-25-12)15-10-26-17(21-15)14-8-19-4-5-20-14/h4-5,7-8,10,12H,2-3,6,9H2,1H3,(H,23,24). The third kappa shape index (κ3) is 3.13. The maximum Gasteiger partial charge on any atom is 0.337 e. The molecule has 1 fully saturated rings. The molecule has 3 aromatic heterocycles. The lowest BCUT2D eigenvalue weighted by molar-refractivity contribution is 0.0694. The second-order valence-corrected chi connectivity index (χ2v) is 7.07. The predicted octanol–water partition coefficient (Wildman–Crippen LogP) is 3.25. The second kappa shape index (κ2) is 6.97. The number of carboxylic acid groups (broad SMARTS) is 1. The topological polar surface area (TPSA) is 90.1 Å². The first-order valence-corrected chi connectivity index (χ1v) is 9.28. The average molecular weight is 370 g/mol. The molecule has 4 rings (SSSR count). The highest BCUT2D eigenvalue weighted by molar-refractivity contribution is 7.13. The van der Waals surface area contributed by atoms with E-state index in [-0.39, 0.29) is 6.10 Å². The lowest BCUT2D eigenvalue weighted by atomic mass is 10.2. The molecule has 3 aromatic rings. The number of aromatic carboxylic acids is 1. The van der Waals surface area contributed by atoms with Crippen molar-refractivity contribution < 1.29 is 14.6 Å². The summed E-state index contributed by atoms with van der Waals surface area (Å²) >= 11 is 1.47. The summed E-state index contributed by atoms with van der Waals surface area (Å²) in [6.07, 6.45) is 7.05. The Morgan fingerprint density at radius 2 is 2.31 bits per heavy atom. The number of ether oxygens (including phenoxy) is 1. The van der Waals surface area contributed by atoms with Crippen LogP contribution in [0, 0.1) is 6.92 Å². The van der Waals surface area contributed by atoms with Crippen molar-refractivity contribution in [2.45, 2.75) is 32.4 Å². The van der Waals surface area contributed by atoms with Gasteiger partial charge in [-0.05, 0) is 25.8 Å². The molecule has 0 bridgehead atoms. The molecule has 0 aromatic carbocycles. The maximum absolute atomic E-state index is 11.6. The number of aromatic nitrogens is 4. The van der Waals surface area contributed by atoms with Crippen LogP contribution in [0.5, 0.6) is 0 Å². The van der Waals surface area contributed by atoms with Crippen molar-refractivity contribution in [1.82, 2.24) is 19.5 Å². The Balaban J connectivity index is 1.74. The Morgan fingerprint density at radius 1 is 1.42 bits per heavy atom. The minimum atomic E-state index is -0.931. The van der Waals surface area contributed by atoms with Gasteiger partial charge < -0.3 is 14.4 Å². The van der Waals surface area contributed by atoms with Crippen LogP contribution >= 0.6 is 11.3 Å². The molecule has 1 aliphatic rings. The normalized spacial score (nSPS) is 16.9. The van der Waals surface area contributed by atoms with Gasteiger partial charge in [-0.1, -0.05) is 0 Å². The van der Waals surface area contributed by atoms with Gasteiger partial charge in [-0.25, -0.2) is 9.78 Å². The fraction of sp³-hybridized carbons (Fsp3) is 0.333. The van der Waals surface area contributed by atoms with E-state index < -0.39 is 5.97 Å². The Hall–Kier alpha value is -2.58. The van der Waals surface area contributed by atoms with Crippen molar-refractivity contribution in [3.63, 3.8) is 0 Å². The largest absolute Gasteiger partial charge is 0.478 e. The van der Waals surface area contributed by atoms with Crippen LogP contribution in [0.4, 0.5) is 0 Å². The minimum Gasteiger partial charge on any atom is -0.478 e. The number of hydrogen-bond acceptors (Lipinski definition) is 6. The van der Waals surface area contributed by atoms with E-state index in [4.69, 9.17) is 4.74 Å². The SMILES string of the molecule is Cc1c(C(=O)O)cc(-c2csc(-c3cnccn3)n2)n1CC1CCCO1. The summed E-state index contributed by atoms with van der Waals surface area (Å²) < 4.78 is 7.75. The van der Waals surface area contributed by atoms with Gasteiger partial charge >= 0.3 is 5.97 Å². The quantitative estimate of drug-likeness (QED) is 0.741. The van der Waals surface area contributed by atoms with Gasteiger partial charge in [0, 0.05) is 36.6 Å². The zero-order valence-electron chi connectivity index (χ0n) is 14.3. The lowest BCUT2D eigenvalue weighted by Crippen LogP contribution is -2.17. The highest BCUT2D eigenvalue weighted by atomic mass is 32.1. The molecule has 0 aliphatic carbocycles. The van der Waals surface area contributed by atoms with E-state index in [9.17, 15) is 9.90 Å². The summed E-state index contributed by atoms with van der Waals surface area (Å²) in [5.41, 5.74) is 3.26. The van der Waals surface area contributed by atoms with Crippen molar-refractivity contribution in [3.05, 3.63) is 41.3 Å². The van der Waals surface area contributed by atoms with Crippen LogP contribution in [0.15, 0.2) is 30.0 Å². The van der Waals surface area contributed by atoms with Crippen molar-refractivity contribution in [2.75, 3.05) is 6.61 Å². The molecule has 134 valence electrons. The van der Waals surface area contributed by atoms with Gasteiger partial charge in [0.15, 0.2) is 0 Å². The zero-order chi connectivity index (χ0) is 18.1. The summed E-state index contributed by atoms with van der Waals surface area (Å²) in [6, 6.07) is 1.70. The Labute approximate surface area is 154 Å². The van der Waals surface area contributed by atoms with Crippen LogP contribution in [0.25, 0.3) is 22.1 Å². The van der Waals surface area contributed by atoms with E-state index in [1.54, 1.807) is 24.7 Å². The molecule has 7 nitrogen and oxygen atoms in total. The van der Waals surface area contributed by atoms with Crippen LogP contribution in [-0.4, -0.2) is 43.3 Å². The Bertz CT molecular complexity index is 929. The minimum absolute atomic E-state index is 0.111. The molecule has 1 N–H and O–H groups in total. The summed E-state index contributed by atoms with van der Waals surface area (Å²) in [4.78, 5) is 24.6. The van der Waals surface area contributed by atoms with Crippen LogP contribution in [0.2, 0.25) is 0 Å². The van der Waals surface area contributed by atoms with E-state index in [1.807, 2.05) is 16.9 Å². The van der Waals surface area contributed by atoms with E-state index in [1.165, 1.54) is 11.3 Å². The highest BCUT2D eigenvalue weighted by Gasteiger charge is 2.24. The zero-order valence-corrected chi connectivity index (χ0v) is 15.1. The van der Waals surface area contributed by atoms with Crippen LogP contribution in [0.1, 0.15) is 28.9 Å². The van der Waals surface area contributed by atoms with E-state index in [0.29, 0.717) is 17.8 Å². The maximum atomic E-state index is 11.6. The number of rotatable bonds is 5. The first-order chi connectivity index (χ1) is 12.6. The molecule has 0 spiro atoms. The van der Waals surface area contributed by atoms with Crippen molar-refractivity contribution >= 4 is 17.3 Å². The van der Waals surface area contributed by atoms with Gasteiger partial charge in [0.2, 0.25) is 0 Å². The number of carboxylic acids is 1. The fourth-order valence-electron chi connectivity index (χ4n) is 3.22. The van der Waals surface area contributed by atoms with E-state index in [2.05, 4.69) is 15.0 Å². The van der Waals surface area contributed by atoms with Crippen LogP contribution in [0.3, 0.4) is 0 Å². The van der Waals surface area contributed by atoms with E-state index in [0.717, 1.165) is 41.5 Å². The molecule has 0 amide bonds. The molecule has 0 radical (unpaired) electrons. The second-order valence-electron chi connectivity index (χ2n) is 6.21. The molecule has 0 saturated carbocycles. The Kier molecular flexibility index (Phi) is 4.52. The van der Waals surface area contributed by atoms with Gasteiger partial charge in [0.05, 0.1) is 29.3 Å². The van der Waals surface area contributed by atoms with Gasteiger partial charge in [0.25, 0.3) is 0 Å². The van der Waals surface area contributed by atoms with Gasteiger partial charge in [-0.15, -0.1) is 11.3 Å². The number of hydrogen-bond donors (Lipinski definition) is 1. The first kappa shape index (κ1) is 16.9. The van der Waals surface area contributed by atoms with Gasteiger partial charge in [0.1, 0.15) is 10.7 Å². The fourth-order valence-corrected chi connectivity index (χ4v) is 3.99. The average Bonchev–Trinajstić information content (AvgIpc) is 3.38. The molecular weight excluding hydrogens is 352 g/mol. The summed E-state index contributed by atoms with van der Waals surface area (Å²) in [7, 11) is 0. The first-order valence-electron chi connectivity index (χ1n) is 8.41. The van der Waals surface area contributed by atoms with Gasteiger partial charge in [-0.3, -0.25) is 9.97 Å².